The Bertz CT molecular complexity index is 507. The van der Waals surface area contributed by atoms with Gasteiger partial charge in [0.05, 0.1) is 0 Å². The van der Waals surface area contributed by atoms with Crippen LogP contribution in [0.4, 0.5) is 0 Å². The Morgan fingerprint density at radius 1 is 1.32 bits per heavy atom. The molecule has 2 rings (SSSR count). The lowest BCUT2D eigenvalue weighted by Gasteiger charge is -2.19. The summed E-state index contributed by atoms with van der Waals surface area (Å²) in [6.07, 6.45) is 2.18. The molecule has 0 aliphatic rings. The fourth-order valence-corrected chi connectivity index (χ4v) is 2.95. The highest BCUT2D eigenvalue weighted by Gasteiger charge is 2.12. The Balaban J connectivity index is 2.18. The third-order valence-electron chi connectivity index (χ3n) is 3.25. The topological polar surface area (TPSA) is 12.0 Å². The van der Waals surface area contributed by atoms with E-state index in [1.54, 1.807) is 11.3 Å². The van der Waals surface area contributed by atoms with Gasteiger partial charge in [0.15, 0.2) is 0 Å². The van der Waals surface area contributed by atoms with Crippen LogP contribution in [-0.4, -0.2) is 6.54 Å². The van der Waals surface area contributed by atoms with E-state index < -0.39 is 0 Å². The average molecular weight is 294 g/mol. The minimum absolute atomic E-state index is 0.366. The zero-order chi connectivity index (χ0) is 13.7. The van der Waals surface area contributed by atoms with Gasteiger partial charge in [-0.1, -0.05) is 30.7 Å². The summed E-state index contributed by atoms with van der Waals surface area (Å²) in [6.45, 7) is 5.30. The van der Waals surface area contributed by atoms with Gasteiger partial charge in [0.2, 0.25) is 0 Å². The molecule has 0 saturated carbocycles. The molecular weight excluding hydrogens is 274 g/mol. The van der Waals surface area contributed by atoms with Gasteiger partial charge >= 0.3 is 0 Å². The number of nitrogens with one attached hydrogen (secondary N) is 1. The van der Waals surface area contributed by atoms with Crippen LogP contribution in [0.1, 0.15) is 36.1 Å². The molecule has 0 spiro atoms. The van der Waals surface area contributed by atoms with E-state index in [-0.39, 0.29) is 0 Å². The van der Waals surface area contributed by atoms with Crippen molar-refractivity contribution in [3.05, 3.63) is 56.7 Å². The van der Waals surface area contributed by atoms with Crippen LogP contribution in [0.3, 0.4) is 0 Å². The van der Waals surface area contributed by atoms with Gasteiger partial charge < -0.3 is 5.32 Å². The summed E-state index contributed by atoms with van der Waals surface area (Å²) < 4.78 is 0. The Labute approximate surface area is 124 Å². The SMILES string of the molecule is CCCNC(Cc1ccsc1)c1ccc(Cl)c(C)c1. The van der Waals surface area contributed by atoms with E-state index in [1.807, 2.05) is 6.07 Å². The number of benzene rings is 1. The van der Waals surface area contributed by atoms with Crippen molar-refractivity contribution < 1.29 is 0 Å². The van der Waals surface area contributed by atoms with Gasteiger partial charge in [0.1, 0.15) is 0 Å². The Hall–Kier alpha value is -0.830. The molecular formula is C16H20ClNS. The first-order valence-electron chi connectivity index (χ1n) is 6.71. The lowest BCUT2D eigenvalue weighted by molar-refractivity contribution is 0.529. The summed E-state index contributed by atoms with van der Waals surface area (Å²) in [6, 6.07) is 8.90. The monoisotopic (exact) mass is 293 g/mol. The van der Waals surface area contributed by atoms with Gasteiger partial charge in [-0.05, 0) is 65.9 Å². The predicted octanol–water partition coefficient (Wildman–Crippen LogP) is 4.99. The van der Waals surface area contributed by atoms with E-state index in [1.165, 1.54) is 11.1 Å². The predicted molar refractivity (Wildman–Crippen MR) is 85.2 cm³/mol. The minimum atomic E-state index is 0.366. The number of rotatable bonds is 6. The van der Waals surface area contributed by atoms with Gasteiger partial charge in [0.25, 0.3) is 0 Å². The van der Waals surface area contributed by atoms with Crippen molar-refractivity contribution in [1.82, 2.24) is 5.32 Å². The summed E-state index contributed by atoms with van der Waals surface area (Å²) in [5.74, 6) is 0. The molecule has 0 fully saturated rings. The number of hydrogen-bond donors (Lipinski definition) is 1. The first-order chi connectivity index (χ1) is 9.20. The van der Waals surface area contributed by atoms with Crippen molar-refractivity contribution in [3.63, 3.8) is 0 Å². The third kappa shape index (κ3) is 4.07. The first kappa shape index (κ1) is 14.6. The van der Waals surface area contributed by atoms with Crippen molar-refractivity contribution in [1.29, 1.82) is 0 Å². The van der Waals surface area contributed by atoms with Crippen LogP contribution < -0.4 is 5.32 Å². The molecule has 0 saturated heterocycles. The maximum atomic E-state index is 6.11. The molecule has 1 unspecified atom stereocenters. The molecule has 0 amide bonds. The second kappa shape index (κ2) is 7.09. The molecule has 0 radical (unpaired) electrons. The Morgan fingerprint density at radius 3 is 2.79 bits per heavy atom. The summed E-state index contributed by atoms with van der Waals surface area (Å²) in [7, 11) is 0. The van der Waals surface area contributed by atoms with Crippen molar-refractivity contribution in [2.45, 2.75) is 32.7 Å². The van der Waals surface area contributed by atoms with E-state index >= 15 is 0 Å². The molecule has 2 aromatic rings. The van der Waals surface area contributed by atoms with E-state index in [2.05, 4.69) is 48.1 Å². The standard InChI is InChI=1S/C16H20ClNS/c1-3-7-18-16(10-13-6-8-19-11-13)14-4-5-15(17)12(2)9-14/h4-6,8-9,11,16,18H,3,7,10H2,1-2H3. The van der Waals surface area contributed by atoms with E-state index in [0.717, 1.165) is 30.0 Å². The molecule has 1 aromatic carbocycles. The van der Waals surface area contributed by atoms with Gasteiger partial charge in [-0.3, -0.25) is 0 Å². The smallest absolute Gasteiger partial charge is 0.0435 e. The minimum Gasteiger partial charge on any atom is -0.310 e. The van der Waals surface area contributed by atoms with Crippen LogP contribution >= 0.6 is 22.9 Å². The number of thiophene rings is 1. The Morgan fingerprint density at radius 2 is 2.16 bits per heavy atom. The lowest BCUT2D eigenvalue weighted by atomic mass is 9.99. The fourth-order valence-electron chi connectivity index (χ4n) is 2.16. The maximum absolute atomic E-state index is 6.11. The summed E-state index contributed by atoms with van der Waals surface area (Å²) in [4.78, 5) is 0. The van der Waals surface area contributed by atoms with E-state index in [9.17, 15) is 0 Å². The number of aryl methyl sites for hydroxylation is 1. The summed E-state index contributed by atoms with van der Waals surface area (Å²) in [5, 5.41) is 8.84. The fraction of sp³-hybridized carbons (Fsp3) is 0.375. The molecule has 19 heavy (non-hydrogen) atoms. The molecule has 3 heteroatoms. The van der Waals surface area contributed by atoms with E-state index in [0.29, 0.717) is 6.04 Å². The molecule has 0 aliphatic carbocycles. The molecule has 1 N–H and O–H groups in total. The van der Waals surface area contributed by atoms with Crippen LogP contribution in [0.2, 0.25) is 5.02 Å². The largest absolute Gasteiger partial charge is 0.310 e. The van der Waals surface area contributed by atoms with Crippen LogP contribution in [0.15, 0.2) is 35.0 Å². The lowest BCUT2D eigenvalue weighted by Crippen LogP contribution is -2.24. The highest BCUT2D eigenvalue weighted by molar-refractivity contribution is 7.07. The van der Waals surface area contributed by atoms with Crippen molar-refractivity contribution in [3.8, 4) is 0 Å². The van der Waals surface area contributed by atoms with E-state index in [4.69, 9.17) is 11.6 Å². The highest BCUT2D eigenvalue weighted by atomic mass is 35.5. The first-order valence-corrected chi connectivity index (χ1v) is 8.03. The number of hydrogen-bond acceptors (Lipinski definition) is 2. The van der Waals surface area contributed by atoms with Crippen LogP contribution in [-0.2, 0) is 6.42 Å². The van der Waals surface area contributed by atoms with Gasteiger partial charge in [-0.15, -0.1) is 0 Å². The zero-order valence-corrected chi connectivity index (χ0v) is 13.0. The second-order valence-corrected chi connectivity index (χ2v) is 6.04. The van der Waals surface area contributed by atoms with Crippen LogP contribution in [0, 0.1) is 6.92 Å². The summed E-state index contributed by atoms with van der Waals surface area (Å²) >= 11 is 7.87. The maximum Gasteiger partial charge on any atom is 0.0435 e. The normalized spacial score (nSPS) is 12.6. The van der Waals surface area contributed by atoms with Crippen molar-refractivity contribution >= 4 is 22.9 Å². The van der Waals surface area contributed by atoms with Gasteiger partial charge in [-0.2, -0.15) is 11.3 Å². The summed E-state index contributed by atoms with van der Waals surface area (Å²) in [5.41, 5.74) is 3.86. The van der Waals surface area contributed by atoms with Gasteiger partial charge in [-0.25, -0.2) is 0 Å². The molecule has 1 aromatic heterocycles. The Kier molecular flexibility index (Phi) is 5.44. The highest BCUT2D eigenvalue weighted by Crippen LogP contribution is 2.24. The molecule has 1 heterocycles. The van der Waals surface area contributed by atoms with Crippen LogP contribution in [0.25, 0.3) is 0 Å². The van der Waals surface area contributed by atoms with Crippen molar-refractivity contribution in [2.24, 2.45) is 0 Å². The zero-order valence-electron chi connectivity index (χ0n) is 11.4. The third-order valence-corrected chi connectivity index (χ3v) is 4.40. The second-order valence-electron chi connectivity index (χ2n) is 4.85. The van der Waals surface area contributed by atoms with Gasteiger partial charge in [0, 0.05) is 11.1 Å². The molecule has 102 valence electrons. The molecule has 1 atom stereocenters. The number of halogens is 1. The molecule has 1 nitrogen and oxygen atoms in total. The van der Waals surface area contributed by atoms with Crippen molar-refractivity contribution in [2.75, 3.05) is 6.54 Å². The molecule has 0 aliphatic heterocycles. The quantitative estimate of drug-likeness (QED) is 0.791. The van der Waals surface area contributed by atoms with Crippen LogP contribution in [0.5, 0.6) is 0 Å². The average Bonchev–Trinajstić information content (AvgIpc) is 2.91. The molecule has 0 bridgehead atoms.